The quantitative estimate of drug-likeness (QED) is 0.927. The van der Waals surface area contributed by atoms with Crippen molar-refractivity contribution >= 4 is 0 Å². The highest BCUT2D eigenvalue weighted by molar-refractivity contribution is 5.43. The molecular weight excluding hydrogens is 266 g/mol. The molecular formula is C16H19N3O2. The molecule has 110 valence electrons. The van der Waals surface area contributed by atoms with E-state index in [0.717, 1.165) is 42.4 Å². The third kappa shape index (κ3) is 2.97. The lowest BCUT2D eigenvalue weighted by Crippen LogP contribution is -2.25. The first-order valence-electron chi connectivity index (χ1n) is 7.05. The Morgan fingerprint density at radius 2 is 2.05 bits per heavy atom. The van der Waals surface area contributed by atoms with Crippen LogP contribution < -0.4 is 14.8 Å². The summed E-state index contributed by atoms with van der Waals surface area (Å²) in [6.07, 6.45) is 3.60. The number of aromatic nitrogens is 2. The van der Waals surface area contributed by atoms with Crippen molar-refractivity contribution in [1.29, 1.82) is 0 Å². The lowest BCUT2D eigenvalue weighted by atomic mass is 10.1. The van der Waals surface area contributed by atoms with Gasteiger partial charge in [0.1, 0.15) is 5.82 Å². The maximum atomic E-state index is 5.33. The van der Waals surface area contributed by atoms with Gasteiger partial charge in [-0.05, 0) is 17.7 Å². The van der Waals surface area contributed by atoms with Crippen LogP contribution in [0.15, 0.2) is 24.4 Å². The van der Waals surface area contributed by atoms with Crippen LogP contribution in [0.5, 0.6) is 11.5 Å². The summed E-state index contributed by atoms with van der Waals surface area (Å²) in [6.45, 7) is 1.85. The summed E-state index contributed by atoms with van der Waals surface area (Å²) in [4.78, 5) is 9.15. The second kappa shape index (κ2) is 6.10. The number of ether oxygens (including phenoxy) is 2. The van der Waals surface area contributed by atoms with Gasteiger partial charge in [-0.2, -0.15) is 0 Å². The lowest BCUT2D eigenvalue weighted by Gasteiger charge is -2.16. The van der Waals surface area contributed by atoms with Gasteiger partial charge in [-0.3, -0.25) is 0 Å². The minimum absolute atomic E-state index is 0.695. The molecule has 1 aromatic carbocycles. The van der Waals surface area contributed by atoms with Crippen LogP contribution in [0.4, 0.5) is 0 Å². The molecule has 1 N–H and O–H groups in total. The third-order valence-electron chi connectivity index (χ3n) is 3.67. The van der Waals surface area contributed by atoms with Gasteiger partial charge in [0.25, 0.3) is 0 Å². The smallest absolute Gasteiger partial charge is 0.161 e. The SMILES string of the molecule is COc1ccc(Cc2ncc3c(n2)CCNC3)cc1OC. The highest BCUT2D eigenvalue weighted by atomic mass is 16.5. The van der Waals surface area contributed by atoms with E-state index in [1.807, 2.05) is 24.4 Å². The molecule has 1 aliphatic heterocycles. The van der Waals surface area contributed by atoms with E-state index in [2.05, 4.69) is 15.3 Å². The van der Waals surface area contributed by atoms with E-state index in [0.29, 0.717) is 6.42 Å². The van der Waals surface area contributed by atoms with Crippen molar-refractivity contribution in [1.82, 2.24) is 15.3 Å². The summed E-state index contributed by atoms with van der Waals surface area (Å²) < 4.78 is 10.6. The van der Waals surface area contributed by atoms with Crippen LogP contribution in [0.2, 0.25) is 0 Å². The summed E-state index contributed by atoms with van der Waals surface area (Å²) in [5.74, 6) is 2.32. The van der Waals surface area contributed by atoms with E-state index in [-0.39, 0.29) is 0 Å². The van der Waals surface area contributed by atoms with Crippen LogP contribution in [0, 0.1) is 0 Å². The van der Waals surface area contributed by atoms with E-state index >= 15 is 0 Å². The largest absolute Gasteiger partial charge is 0.493 e. The molecule has 1 aliphatic rings. The first-order chi connectivity index (χ1) is 10.3. The maximum absolute atomic E-state index is 5.33. The fourth-order valence-electron chi connectivity index (χ4n) is 2.54. The van der Waals surface area contributed by atoms with Crippen molar-refractivity contribution in [3.63, 3.8) is 0 Å². The van der Waals surface area contributed by atoms with Gasteiger partial charge < -0.3 is 14.8 Å². The topological polar surface area (TPSA) is 56.3 Å². The molecule has 0 bridgehead atoms. The number of nitrogens with zero attached hydrogens (tertiary/aromatic N) is 2. The molecule has 0 radical (unpaired) electrons. The lowest BCUT2D eigenvalue weighted by molar-refractivity contribution is 0.354. The Morgan fingerprint density at radius 1 is 1.19 bits per heavy atom. The number of hydrogen-bond acceptors (Lipinski definition) is 5. The average Bonchev–Trinajstić information content (AvgIpc) is 2.54. The van der Waals surface area contributed by atoms with Crippen LogP contribution in [-0.4, -0.2) is 30.7 Å². The monoisotopic (exact) mass is 285 g/mol. The number of rotatable bonds is 4. The molecule has 2 heterocycles. The van der Waals surface area contributed by atoms with Crippen LogP contribution >= 0.6 is 0 Å². The Kier molecular flexibility index (Phi) is 4.01. The highest BCUT2D eigenvalue weighted by Gasteiger charge is 2.12. The van der Waals surface area contributed by atoms with Gasteiger partial charge >= 0.3 is 0 Å². The van der Waals surface area contributed by atoms with Gasteiger partial charge in [0.05, 0.1) is 14.2 Å². The Morgan fingerprint density at radius 3 is 2.86 bits per heavy atom. The number of fused-ring (bicyclic) bond motifs is 1. The molecule has 5 heteroatoms. The molecule has 3 rings (SSSR count). The fraction of sp³-hybridized carbons (Fsp3) is 0.375. The Labute approximate surface area is 124 Å². The van der Waals surface area contributed by atoms with Crippen molar-refractivity contribution in [3.8, 4) is 11.5 Å². The molecule has 1 aromatic heterocycles. The number of nitrogens with one attached hydrogen (secondary N) is 1. The number of methoxy groups -OCH3 is 2. The van der Waals surface area contributed by atoms with Crippen molar-refractivity contribution in [2.45, 2.75) is 19.4 Å². The molecule has 0 saturated carbocycles. The van der Waals surface area contributed by atoms with Gasteiger partial charge in [-0.15, -0.1) is 0 Å². The molecule has 0 fully saturated rings. The van der Waals surface area contributed by atoms with E-state index in [9.17, 15) is 0 Å². The van der Waals surface area contributed by atoms with Crippen LogP contribution in [0.25, 0.3) is 0 Å². The summed E-state index contributed by atoms with van der Waals surface area (Å²) in [5, 5.41) is 3.33. The standard InChI is InChI=1S/C16H19N3O2/c1-20-14-4-3-11(7-15(14)21-2)8-16-18-10-12-9-17-6-5-13(12)19-16/h3-4,7,10,17H,5-6,8-9H2,1-2H3. The fourth-order valence-corrected chi connectivity index (χ4v) is 2.54. The van der Waals surface area contributed by atoms with Crippen LogP contribution in [0.1, 0.15) is 22.6 Å². The second-order valence-electron chi connectivity index (χ2n) is 5.05. The Hall–Kier alpha value is -2.14. The van der Waals surface area contributed by atoms with Gasteiger partial charge in [-0.25, -0.2) is 9.97 Å². The van der Waals surface area contributed by atoms with Gasteiger partial charge in [0.15, 0.2) is 11.5 Å². The zero-order valence-electron chi connectivity index (χ0n) is 12.3. The first-order valence-corrected chi connectivity index (χ1v) is 7.05. The predicted molar refractivity (Wildman–Crippen MR) is 79.8 cm³/mol. The summed E-state index contributed by atoms with van der Waals surface area (Å²) in [6, 6.07) is 5.91. The summed E-state index contributed by atoms with van der Waals surface area (Å²) in [7, 11) is 3.28. The molecule has 2 aromatic rings. The molecule has 0 spiro atoms. The van der Waals surface area contributed by atoms with Gasteiger partial charge in [-0.1, -0.05) is 6.07 Å². The molecule has 0 aliphatic carbocycles. The number of benzene rings is 1. The molecule has 0 amide bonds. The van der Waals surface area contributed by atoms with E-state index < -0.39 is 0 Å². The van der Waals surface area contributed by atoms with Gasteiger partial charge in [0.2, 0.25) is 0 Å². The number of hydrogen-bond donors (Lipinski definition) is 1. The first kappa shape index (κ1) is 13.8. The Bertz CT molecular complexity index is 606. The maximum Gasteiger partial charge on any atom is 0.161 e. The molecule has 0 atom stereocenters. The van der Waals surface area contributed by atoms with Gasteiger partial charge in [0, 0.05) is 43.4 Å². The Balaban J connectivity index is 1.83. The minimum atomic E-state index is 0.695. The molecule has 0 saturated heterocycles. The van der Waals surface area contributed by atoms with Crippen molar-refractivity contribution in [3.05, 3.63) is 47.0 Å². The van der Waals surface area contributed by atoms with Crippen molar-refractivity contribution in [2.24, 2.45) is 0 Å². The third-order valence-corrected chi connectivity index (χ3v) is 3.67. The van der Waals surface area contributed by atoms with E-state index in [4.69, 9.17) is 9.47 Å². The van der Waals surface area contributed by atoms with Crippen LogP contribution in [0.3, 0.4) is 0 Å². The molecule has 21 heavy (non-hydrogen) atoms. The summed E-state index contributed by atoms with van der Waals surface area (Å²) in [5.41, 5.74) is 3.48. The van der Waals surface area contributed by atoms with E-state index in [1.165, 1.54) is 11.3 Å². The molecule has 0 unspecified atom stereocenters. The minimum Gasteiger partial charge on any atom is -0.493 e. The highest BCUT2D eigenvalue weighted by Crippen LogP contribution is 2.28. The predicted octanol–water partition coefficient (Wildman–Crippen LogP) is 1.73. The zero-order valence-corrected chi connectivity index (χ0v) is 12.3. The molecule has 5 nitrogen and oxygen atoms in total. The summed E-state index contributed by atoms with van der Waals surface area (Å²) >= 11 is 0. The van der Waals surface area contributed by atoms with Crippen molar-refractivity contribution in [2.75, 3.05) is 20.8 Å². The van der Waals surface area contributed by atoms with Crippen molar-refractivity contribution < 1.29 is 9.47 Å². The zero-order chi connectivity index (χ0) is 14.7. The average molecular weight is 285 g/mol. The van der Waals surface area contributed by atoms with E-state index in [1.54, 1.807) is 14.2 Å². The second-order valence-corrected chi connectivity index (χ2v) is 5.05. The normalized spacial score (nSPS) is 13.6. The van der Waals surface area contributed by atoms with Crippen LogP contribution in [-0.2, 0) is 19.4 Å².